The van der Waals surface area contributed by atoms with Crippen molar-refractivity contribution in [3.8, 4) is 33.9 Å². The number of nitrogens with zero attached hydrogens (tertiary/aromatic N) is 8. The van der Waals surface area contributed by atoms with Crippen molar-refractivity contribution in [2.45, 2.75) is 19.5 Å². The average molecular weight is 463 g/mol. The van der Waals surface area contributed by atoms with Gasteiger partial charge in [0, 0.05) is 48.4 Å². The van der Waals surface area contributed by atoms with Crippen LogP contribution < -0.4 is 0 Å². The third-order valence-electron chi connectivity index (χ3n) is 6.48. The van der Waals surface area contributed by atoms with Gasteiger partial charge in [0.15, 0.2) is 11.5 Å². The molecule has 1 aromatic carbocycles. The number of imidazole rings is 1. The molecule has 0 radical (unpaired) electrons. The van der Waals surface area contributed by atoms with E-state index in [1.54, 1.807) is 0 Å². The van der Waals surface area contributed by atoms with E-state index in [1.165, 1.54) is 0 Å². The van der Waals surface area contributed by atoms with Gasteiger partial charge in [0.05, 0.1) is 22.6 Å². The van der Waals surface area contributed by atoms with Gasteiger partial charge in [-0.05, 0) is 43.8 Å². The van der Waals surface area contributed by atoms with Gasteiger partial charge in [0.25, 0.3) is 0 Å². The van der Waals surface area contributed by atoms with E-state index in [9.17, 15) is 0 Å². The fourth-order valence-corrected chi connectivity index (χ4v) is 4.75. The molecule has 0 unspecified atom stereocenters. The Balaban J connectivity index is 1.43. The highest BCUT2D eigenvalue weighted by molar-refractivity contribution is 5.96. The van der Waals surface area contributed by atoms with E-state index < -0.39 is 0 Å². The molecule has 35 heavy (non-hydrogen) atoms. The summed E-state index contributed by atoms with van der Waals surface area (Å²) in [6.07, 6.45) is 8.61. The molecule has 0 aliphatic carbocycles. The lowest BCUT2D eigenvalue weighted by Gasteiger charge is -2.16. The van der Waals surface area contributed by atoms with E-state index in [-0.39, 0.29) is 0 Å². The Kier molecular flexibility index (Phi) is 4.46. The molecular weight excluding hydrogens is 440 g/mol. The van der Waals surface area contributed by atoms with Crippen LogP contribution in [0.2, 0.25) is 0 Å². The number of hydrogen-bond donors (Lipinski definition) is 2. The largest absolute Gasteiger partial charge is 0.337 e. The fraction of sp³-hybridized carbons (Fsp3) is 0.200. The molecule has 0 fully saturated rings. The topological polar surface area (TPSA) is 117 Å². The molecule has 6 heterocycles. The molecule has 8 bridgehead atoms. The van der Waals surface area contributed by atoms with Crippen LogP contribution in [0.25, 0.3) is 56.0 Å². The number of rotatable bonds is 0. The molecule has 6 aromatic rings. The maximum atomic E-state index is 4.94. The van der Waals surface area contributed by atoms with E-state index >= 15 is 0 Å². The normalized spacial score (nSPS) is 14.4. The summed E-state index contributed by atoms with van der Waals surface area (Å²) >= 11 is 0. The van der Waals surface area contributed by atoms with Gasteiger partial charge in [-0.15, -0.1) is 5.10 Å². The number of aromatic amines is 2. The summed E-state index contributed by atoms with van der Waals surface area (Å²) in [4.78, 5) is 19.8. The highest BCUT2D eigenvalue weighted by Crippen LogP contribution is 2.32. The Hall–Kier alpha value is -4.44. The number of pyridine rings is 2. The lowest BCUT2D eigenvalue weighted by Crippen LogP contribution is -2.20. The van der Waals surface area contributed by atoms with Gasteiger partial charge in [-0.1, -0.05) is 17.3 Å². The number of aromatic nitrogens is 9. The van der Waals surface area contributed by atoms with Crippen LogP contribution in [0, 0.1) is 0 Å². The number of fused-ring (bicyclic) bond motifs is 9. The van der Waals surface area contributed by atoms with Crippen LogP contribution in [-0.2, 0) is 13.1 Å². The molecule has 1 aliphatic heterocycles. The zero-order valence-electron chi connectivity index (χ0n) is 19.1. The quantitative estimate of drug-likeness (QED) is 0.354. The zero-order chi connectivity index (χ0) is 23.4. The number of benzene rings is 1. The second-order valence-corrected chi connectivity index (χ2v) is 9.02. The van der Waals surface area contributed by atoms with Crippen molar-refractivity contribution >= 4 is 22.1 Å². The maximum Gasteiger partial charge on any atom is 0.181 e. The van der Waals surface area contributed by atoms with Crippen LogP contribution in [-0.4, -0.2) is 63.6 Å². The summed E-state index contributed by atoms with van der Waals surface area (Å²) < 4.78 is 1.90. The molecule has 10 heteroatoms. The van der Waals surface area contributed by atoms with Crippen LogP contribution in [0.3, 0.4) is 0 Å². The van der Waals surface area contributed by atoms with E-state index in [2.05, 4.69) is 59.5 Å². The second-order valence-electron chi connectivity index (χ2n) is 9.02. The lowest BCUT2D eigenvalue weighted by molar-refractivity contribution is 0.310. The molecule has 2 N–H and O–H groups in total. The smallest absolute Gasteiger partial charge is 0.181 e. The van der Waals surface area contributed by atoms with Gasteiger partial charge in [-0.3, -0.25) is 14.8 Å². The van der Waals surface area contributed by atoms with Crippen molar-refractivity contribution in [2.75, 3.05) is 13.6 Å². The standard InChI is InChI=1S/C25H22N10/c1-34-6-3-7-35-14-21(30-33-35)18-4-2-5-20-22(18)29-25(28-20)23-19-9-17(12-27-24(19)32-31-23)16-8-15(13-34)10-26-11-16/h2,4-5,8-12,14H,3,6-7,13H2,1H3,(H,28,29)(H,27,31,32). The molecular formula is C25H22N10. The monoisotopic (exact) mass is 462 g/mol. The first-order valence-electron chi connectivity index (χ1n) is 11.6. The molecule has 0 saturated heterocycles. The van der Waals surface area contributed by atoms with Gasteiger partial charge < -0.3 is 9.88 Å². The van der Waals surface area contributed by atoms with Crippen LogP contribution in [0.15, 0.2) is 55.1 Å². The van der Waals surface area contributed by atoms with Crippen LogP contribution in [0.4, 0.5) is 0 Å². The minimum Gasteiger partial charge on any atom is -0.337 e. The van der Waals surface area contributed by atoms with E-state index in [0.29, 0.717) is 11.5 Å². The minimum absolute atomic E-state index is 0.641. The van der Waals surface area contributed by atoms with Crippen molar-refractivity contribution in [3.63, 3.8) is 0 Å². The number of hydrogen-bond acceptors (Lipinski definition) is 7. The molecule has 0 atom stereocenters. The minimum atomic E-state index is 0.641. The third kappa shape index (κ3) is 3.46. The first kappa shape index (κ1) is 20.0. The summed E-state index contributed by atoms with van der Waals surface area (Å²) in [5.74, 6) is 0.702. The van der Waals surface area contributed by atoms with E-state index in [4.69, 9.17) is 4.98 Å². The van der Waals surface area contributed by atoms with Crippen LogP contribution >= 0.6 is 0 Å². The predicted octanol–water partition coefficient (Wildman–Crippen LogP) is 3.66. The summed E-state index contributed by atoms with van der Waals surface area (Å²) in [7, 11) is 2.13. The Morgan fingerprint density at radius 1 is 1.03 bits per heavy atom. The molecule has 172 valence electrons. The highest BCUT2D eigenvalue weighted by atomic mass is 15.4. The number of para-hydroxylation sites is 1. The molecule has 10 nitrogen and oxygen atoms in total. The van der Waals surface area contributed by atoms with Crippen molar-refractivity contribution in [2.24, 2.45) is 0 Å². The number of aryl methyl sites for hydroxylation is 1. The van der Waals surface area contributed by atoms with Gasteiger partial charge >= 0.3 is 0 Å². The first-order valence-corrected chi connectivity index (χ1v) is 11.6. The Morgan fingerprint density at radius 3 is 2.94 bits per heavy atom. The van der Waals surface area contributed by atoms with Crippen molar-refractivity contribution in [1.29, 1.82) is 0 Å². The highest BCUT2D eigenvalue weighted by Gasteiger charge is 2.17. The number of nitrogens with one attached hydrogen (secondary N) is 2. The maximum absolute atomic E-state index is 4.94. The Morgan fingerprint density at radius 2 is 1.97 bits per heavy atom. The summed E-state index contributed by atoms with van der Waals surface area (Å²) in [5, 5.41) is 17.2. The molecule has 5 aromatic heterocycles. The predicted molar refractivity (Wildman–Crippen MR) is 132 cm³/mol. The van der Waals surface area contributed by atoms with Gasteiger partial charge in [0.2, 0.25) is 0 Å². The molecule has 0 spiro atoms. The molecule has 0 saturated carbocycles. The Labute approximate surface area is 200 Å². The zero-order valence-corrected chi connectivity index (χ0v) is 19.1. The first-order chi connectivity index (χ1) is 17.2. The lowest BCUT2D eigenvalue weighted by atomic mass is 10.1. The van der Waals surface area contributed by atoms with Crippen molar-refractivity contribution < 1.29 is 0 Å². The van der Waals surface area contributed by atoms with Gasteiger partial charge in [-0.2, -0.15) is 5.10 Å². The van der Waals surface area contributed by atoms with Gasteiger partial charge in [-0.25, -0.2) is 9.97 Å². The summed E-state index contributed by atoms with van der Waals surface area (Å²) in [6, 6.07) is 10.3. The van der Waals surface area contributed by atoms with E-state index in [1.807, 2.05) is 47.7 Å². The van der Waals surface area contributed by atoms with Gasteiger partial charge in [0.1, 0.15) is 11.4 Å². The van der Waals surface area contributed by atoms with E-state index in [0.717, 1.165) is 76.1 Å². The molecule has 1 aliphatic rings. The summed E-state index contributed by atoms with van der Waals surface area (Å²) in [5.41, 5.74) is 8.12. The fourth-order valence-electron chi connectivity index (χ4n) is 4.75. The number of H-pyrrole nitrogens is 2. The average Bonchev–Trinajstić information content (AvgIpc) is 3.61. The molecule has 0 amide bonds. The van der Waals surface area contributed by atoms with Crippen LogP contribution in [0.1, 0.15) is 12.0 Å². The SMILES string of the molecule is CN1CCCn2cc(nn2)-c2cccc3[nH]c(nc23)-c2[nH]nc3ncc(cc23)-c2cncc(c2)C1. The molecule has 7 rings (SSSR count). The van der Waals surface area contributed by atoms with Crippen LogP contribution in [0.5, 0.6) is 0 Å². The van der Waals surface area contributed by atoms with Crippen molar-refractivity contribution in [1.82, 2.24) is 50.0 Å². The third-order valence-corrected chi connectivity index (χ3v) is 6.48. The van der Waals surface area contributed by atoms with Crippen molar-refractivity contribution in [3.05, 3.63) is 60.7 Å². The summed E-state index contributed by atoms with van der Waals surface area (Å²) in [6.45, 7) is 2.54. The second kappa shape index (κ2) is 7.81. The Bertz CT molecular complexity index is 1690.